The molecular formula is C16H27N3OS. The molecule has 1 aromatic heterocycles. The Hall–Kier alpha value is -0.490. The van der Waals surface area contributed by atoms with Gasteiger partial charge in [0.1, 0.15) is 0 Å². The molecule has 4 nitrogen and oxygen atoms in total. The first-order valence-corrected chi connectivity index (χ1v) is 9.20. The molecule has 0 saturated carbocycles. The molecular weight excluding hydrogens is 282 g/mol. The van der Waals surface area contributed by atoms with E-state index < -0.39 is 0 Å². The van der Waals surface area contributed by atoms with Crippen molar-refractivity contribution in [2.24, 2.45) is 0 Å². The van der Waals surface area contributed by atoms with Gasteiger partial charge in [-0.2, -0.15) is 0 Å². The molecule has 3 rings (SSSR count). The zero-order valence-corrected chi connectivity index (χ0v) is 13.8. The number of hydrogen-bond donors (Lipinski definition) is 2. The number of aliphatic hydroxyl groups is 1. The summed E-state index contributed by atoms with van der Waals surface area (Å²) in [6, 6.07) is 0.403. The molecule has 1 aromatic rings. The van der Waals surface area contributed by atoms with Crippen molar-refractivity contribution >= 4 is 11.3 Å². The number of fused-ring (bicyclic) bond motifs is 1. The van der Waals surface area contributed by atoms with Crippen LogP contribution in [0.5, 0.6) is 0 Å². The third-order valence-electron chi connectivity index (χ3n) is 4.56. The van der Waals surface area contributed by atoms with Gasteiger partial charge in [-0.15, -0.1) is 11.3 Å². The van der Waals surface area contributed by atoms with Crippen molar-refractivity contribution in [2.45, 2.75) is 57.6 Å². The van der Waals surface area contributed by atoms with Gasteiger partial charge in [-0.05, 0) is 51.6 Å². The maximum Gasteiger partial charge on any atom is 0.0928 e. The van der Waals surface area contributed by atoms with Crippen molar-refractivity contribution in [1.29, 1.82) is 0 Å². The minimum atomic E-state index is -0.257. The van der Waals surface area contributed by atoms with Gasteiger partial charge in [-0.1, -0.05) is 6.92 Å². The summed E-state index contributed by atoms with van der Waals surface area (Å²) in [5.41, 5.74) is 1.30. The van der Waals surface area contributed by atoms with Gasteiger partial charge >= 0.3 is 0 Å². The summed E-state index contributed by atoms with van der Waals surface area (Å²) in [7, 11) is 0. The number of aryl methyl sites for hydroxylation is 2. The van der Waals surface area contributed by atoms with E-state index in [0.717, 1.165) is 32.5 Å². The third-order valence-corrected chi connectivity index (χ3v) is 5.92. The van der Waals surface area contributed by atoms with E-state index in [1.54, 1.807) is 0 Å². The number of β-amino-alcohol motifs (C(OH)–C–C–N with tert-alkyl or cyclic N) is 1. The SMILES string of the molecule is CCc1nc2c(s1)C(NCC(O)CN1CCCC1)CCC2. The third kappa shape index (κ3) is 3.83. The zero-order valence-electron chi connectivity index (χ0n) is 13.0. The lowest BCUT2D eigenvalue weighted by molar-refractivity contribution is 0.119. The van der Waals surface area contributed by atoms with Crippen molar-refractivity contribution in [2.75, 3.05) is 26.2 Å². The molecule has 0 amide bonds. The van der Waals surface area contributed by atoms with E-state index in [1.165, 1.54) is 41.3 Å². The van der Waals surface area contributed by atoms with Crippen LogP contribution in [0.1, 0.15) is 54.2 Å². The summed E-state index contributed by atoms with van der Waals surface area (Å²) in [4.78, 5) is 8.54. The van der Waals surface area contributed by atoms with Gasteiger partial charge in [-0.3, -0.25) is 0 Å². The monoisotopic (exact) mass is 309 g/mol. The van der Waals surface area contributed by atoms with Crippen molar-refractivity contribution in [3.05, 3.63) is 15.6 Å². The average Bonchev–Trinajstić information content (AvgIpc) is 3.13. The van der Waals surface area contributed by atoms with Gasteiger partial charge in [-0.25, -0.2) is 4.98 Å². The Labute approximate surface area is 131 Å². The number of nitrogens with zero attached hydrogens (tertiary/aromatic N) is 2. The molecule has 0 aromatic carbocycles. The number of aliphatic hydroxyl groups excluding tert-OH is 1. The summed E-state index contributed by atoms with van der Waals surface area (Å²) in [6.45, 7) is 5.99. The number of hydrogen-bond acceptors (Lipinski definition) is 5. The highest BCUT2D eigenvalue weighted by atomic mass is 32.1. The largest absolute Gasteiger partial charge is 0.390 e. The number of nitrogens with one attached hydrogen (secondary N) is 1. The Balaban J connectivity index is 1.52. The van der Waals surface area contributed by atoms with Crippen LogP contribution in [0.4, 0.5) is 0 Å². The van der Waals surface area contributed by atoms with E-state index in [4.69, 9.17) is 4.98 Å². The predicted molar refractivity (Wildman–Crippen MR) is 86.9 cm³/mol. The lowest BCUT2D eigenvalue weighted by atomic mass is 9.98. The molecule has 0 spiro atoms. The standard InChI is InChI=1S/C16H27N3OS/c1-2-15-18-14-7-5-6-13(16(14)21-15)17-10-12(20)11-19-8-3-4-9-19/h12-13,17,20H,2-11H2,1H3. The van der Waals surface area contributed by atoms with E-state index in [0.29, 0.717) is 12.6 Å². The van der Waals surface area contributed by atoms with Gasteiger partial charge in [0.15, 0.2) is 0 Å². The van der Waals surface area contributed by atoms with Gasteiger partial charge in [0.2, 0.25) is 0 Å². The Bertz CT molecular complexity index is 456. The van der Waals surface area contributed by atoms with Crippen LogP contribution in [-0.2, 0) is 12.8 Å². The van der Waals surface area contributed by atoms with E-state index in [9.17, 15) is 5.11 Å². The zero-order chi connectivity index (χ0) is 14.7. The molecule has 0 radical (unpaired) electrons. The van der Waals surface area contributed by atoms with Crippen LogP contribution < -0.4 is 5.32 Å². The van der Waals surface area contributed by atoms with E-state index >= 15 is 0 Å². The number of rotatable bonds is 6. The average molecular weight is 309 g/mol. The Morgan fingerprint density at radius 1 is 1.38 bits per heavy atom. The molecule has 1 aliphatic carbocycles. The molecule has 2 atom stereocenters. The maximum atomic E-state index is 10.2. The lowest BCUT2D eigenvalue weighted by Crippen LogP contribution is -2.38. The van der Waals surface area contributed by atoms with Crippen LogP contribution in [0, 0.1) is 0 Å². The van der Waals surface area contributed by atoms with Gasteiger partial charge in [0.05, 0.1) is 16.8 Å². The topological polar surface area (TPSA) is 48.4 Å². The van der Waals surface area contributed by atoms with Gasteiger partial charge in [0, 0.05) is 24.0 Å². The maximum absolute atomic E-state index is 10.2. The van der Waals surface area contributed by atoms with Crippen molar-refractivity contribution in [3.63, 3.8) is 0 Å². The highest BCUT2D eigenvalue weighted by molar-refractivity contribution is 7.11. The fourth-order valence-electron chi connectivity index (χ4n) is 3.42. The highest BCUT2D eigenvalue weighted by Gasteiger charge is 2.25. The predicted octanol–water partition coefficient (Wildman–Crippen LogP) is 2.13. The molecule has 2 N–H and O–H groups in total. The molecule has 5 heteroatoms. The Morgan fingerprint density at radius 3 is 2.95 bits per heavy atom. The van der Waals surface area contributed by atoms with Crippen LogP contribution in [-0.4, -0.2) is 47.3 Å². The molecule has 118 valence electrons. The molecule has 21 heavy (non-hydrogen) atoms. The van der Waals surface area contributed by atoms with Gasteiger partial charge in [0.25, 0.3) is 0 Å². The Kier molecular flexibility index (Phi) is 5.27. The van der Waals surface area contributed by atoms with Crippen LogP contribution in [0.25, 0.3) is 0 Å². The van der Waals surface area contributed by atoms with Crippen molar-refractivity contribution in [1.82, 2.24) is 15.2 Å². The summed E-state index contributed by atoms with van der Waals surface area (Å²) in [6.07, 6.45) is 6.85. The molecule has 0 bridgehead atoms. The van der Waals surface area contributed by atoms with Crippen LogP contribution >= 0.6 is 11.3 Å². The Morgan fingerprint density at radius 2 is 2.19 bits per heavy atom. The molecule has 2 heterocycles. The minimum Gasteiger partial charge on any atom is -0.390 e. The molecule has 1 saturated heterocycles. The molecule has 2 aliphatic rings. The normalized spacial score (nSPS) is 24.2. The first-order chi connectivity index (χ1) is 10.3. The van der Waals surface area contributed by atoms with Crippen molar-refractivity contribution < 1.29 is 5.11 Å². The second kappa shape index (κ2) is 7.18. The minimum absolute atomic E-state index is 0.257. The van der Waals surface area contributed by atoms with Crippen LogP contribution in [0.2, 0.25) is 0 Å². The van der Waals surface area contributed by atoms with Gasteiger partial charge < -0.3 is 15.3 Å². The lowest BCUT2D eigenvalue weighted by Gasteiger charge is -2.25. The van der Waals surface area contributed by atoms with E-state index in [1.807, 2.05) is 11.3 Å². The number of thiazole rings is 1. The fourth-order valence-corrected chi connectivity index (χ4v) is 4.59. The second-order valence-corrected chi connectivity index (χ2v) is 7.40. The second-order valence-electron chi connectivity index (χ2n) is 6.29. The first kappa shape index (κ1) is 15.4. The van der Waals surface area contributed by atoms with E-state index in [2.05, 4.69) is 17.1 Å². The summed E-state index contributed by atoms with van der Waals surface area (Å²) in [5.74, 6) is 0. The molecule has 1 aliphatic heterocycles. The summed E-state index contributed by atoms with van der Waals surface area (Å²) >= 11 is 1.86. The number of aromatic nitrogens is 1. The molecule has 2 unspecified atom stereocenters. The highest BCUT2D eigenvalue weighted by Crippen LogP contribution is 2.34. The smallest absolute Gasteiger partial charge is 0.0928 e. The van der Waals surface area contributed by atoms with E-state index in [-0.39, 0.29) is 6.10 Å². The quantitative estimate of drug-likeness (QED) is 0.845. The number of likely N-dealkylation sites (tertiary alicyclic amines) is 1. The van der Waals surface area contributed by atoms with Crippen LogP contribution in [0.3, 0.4) is 0 Å². The summed E-state index contributed by atoms with van der Waals surface area (Å²) in [5, 5.41) is 15.1. The summed E-state index contributed by atoms with van der Waals surface area (Å²) < 4.78 is 0. The van der Waals surface area contributed by atoms with Crippen LogP contribution in [0.15, 0.2) is 0 Å². The first-order valence-electron chi connectivity index (χ1n) is 8.38. The molecule has 1 fully saturated rings. The fraction of sp³-hybridized carbons (Fsp3) is 0.812. The van der Waals surface area contributed by atoms with Crippen molar-refractivity contribution in [3.8, 4) is 0 Å².